The average Bonchev–Trinajstić information content (AvgIpc) is 2.45. The van der Waals surface area contributed by atoms with Crippen molar-refractivity contribution in [3.05, 3.63) is 53.3 Å². The number of nitrogens with two attached hydrogens (primary N) is 1. The van der Waals surface area contributed by atoms with Crippen molar-refractivity contribution in [3.63, 3.8) is 0 Å². The van der Waals surface area contributed by atoms with Crippen molar-refractivity contribution in [2.45, 2.75) is 13.0 Å². The molecule has 1 aromatic carbocycles. The summed E-state index contributed by atoms with van der Waals surface area (Å²) in [7, 11) is 3.25. The average molecular weight is 258 g/mol. The van der Waals surface area contributed by atoms with Crippen LogP contribution in [-0.2, 0) is 0 Å². The highest BCUT2D eigenvalue weighted by Gasteiger charge is 2.16. The zero-order valence-electron chi connectivity index (χ0n) is 11.4. The summed E-state index contributed by atoms with van der Waals surface area (Å²) in [5.41, 5.74) is 8.90. The number of aromatic nitrogens is 1. The van der Waals surface area contributed by atoms with Gasteiger partial charge in [-0.05, 0) is 37.3 Å². The third kappa shape index (κ3) is 2.85. The number of methoxy groups -OCH3 is 2. The highest BCUT2D eigenvalue weighted by Crippen LogP contribution is 2.31. The lowest BCUT2D eigenvalue weighted by molar-refractivity contribution is 0.397. The van der Waals surface area contributed by atoms with E-state index in [2.05, 4.69) is 4.98 Å². The summed E-state index contributed by atoms with van der Waals surface area (Å²) in [6, 6.07) is 11.0. The molecule has 0 saturated heterocycles. The molecule has 0 aliphatic rings. The Morgan fingerprint density at radius 2 is 1.89 bits per heavy atom. The Bertz CT molecular complexity index is 570. The minimum absolute atomic E-state index is 0.343. The predicted molar refractivity (Wildman–Crippen MR) is 74.6 cm³/mol. The number of pyridine rings is 1. The summed E-state index contributed by atoms with van der Waals surface area (Å²) < 4.78 is 10.6. The molecule has 0 aliphatic carbocycles. The molecule has 0 bridgehead atoms. The fourth-order valence-corrected chi connectivity index (χ4v) is 1.98. The SMILES string of the molecule is COc1ccc(OC)c(C(N)c2cccc(C)n2)c1. The quantitative estimate of drug-likeness (QED) is 0.915. The molecule has 0 aliphatic heterocycles. The van der Waals surface area contributed by atoms with Crippen molar-refractivity contribution < 1.29 is 9.47 Å². The summed E-state index contributed by atoms with van der Waals surface area (Å²) in [6.45, 7) is 1.94. The van der Waals surface area contributed by atoms with Gasteiger partial charge in [-0.15, -0.1) is 0 Å². The molecule has 100 valence electrons. The van der Waals surface area contributed by atoms with E-state index in [0.717, 1.165) is 28.5 Å². The van der Waals surface area contributed by atoms with Gasteiger partial charge in [0, 0.05) is 11.3 Å². The first-order valence-corrected chi connectivity index (χ1v) is 6.06. The van der Waals surface area contributed by atoms with Crippen LogP contribution in [-0.4, -0.2) is 19.2 Å². The van der Waals surface area contributed by atoms with Crippen molar-refractivity contribution >= 4 is 0 Å². The first-order valence-electron chi connectivity index (χ1n) is 6.06. The molecule has 0 radical (unpaired) electrons. The van der Waals surface area contributed by atoms with E-state index in [0.29, 0.717) is 0 Å². The lowest BCUT2D eigenvalue weighted by Gasteiger charge is -2.16. The van der Waals surface area contributed by atoms with Crippen LogP contribution in [0.25, 0.3) is 0 Å². The highest BCUT2D eigenvalue weighted by molar-refractivity contribution is 5.44. The molecule has 2 aromatic rings. The maximum absolute atomic E-state index is 6.29. The Morgan fingerprint density at radius 3 is 2.53 bits per heavy atom. The van der Waals surface area contributed by atoms with E-state index in [9.17, 15) is 0 Å². The summed E-state index contributed by atoms with van der Waals surface area (Å²) in [6.07, 6.45) is 0. The lowest BCUT2D eigenvalue weighted by Crippen LogP contribution is -2.15. The summed E-state index contributed by atoms with van der Waals surface area (Å²) in [4.78, 5) is 4.46. The lowest BCUT2D eigenvalue weighted by atomic mass is 10.0. The van der Waals surface area contributed by atoms with Crippen molar-refractivity contribution in [3.8, 4) is 11.5 Å². The van der Waals surface area contributed by atoms with E-state index >= 15 is 0 Å². The summed E-state index contributed by atoms with van der Waals surface area (Å²) >= 11 is 0. The van der Waals surface area contributed by atoms with Crippen LogP contribution < -0.4 is 15.2 Å². The van der Waals surface area contributed by atoms with Gasteiger partial charge < -0.3 is 15.2 Å². The van der Waals surface area contributed by atoms with Gasteiger partial charge in [0.15, 0.2) is 0 Å². The highest BCUT2D eigenvalue weighted by atomic mass is 16.5. The second kappa shape index (κ2) is 5.71. The molecule has 0 amide bonds. The fourth-order valence-electron chi connectivity index (χ4n) is 1.98. The minimum Gasteiger partial charge on any atom is -0.497 e. The molecule has 1 atom stereocenters. The van der Waals surface area contributed by atoms with E-state index in [1.807, 2.05) is 43.3 Å². The number of nitrogens with zero attached hydrogens (tertiary/aromatic N) is 1. The monoisotopic (exact) mass is 258 g/mol. The van der Waals surface area contributed by atoms with Crippen molar-refractivity contribution in [1.82, 2.24) is 4.98 Å². The molecular formula is C15H18N2O2. The number of ether oxygens (including phenoxy) is 2. The van der Waals surface area contributed by atoms with Gasteiger partial charge in [0.1, 0.15) is 11.5 Å². The number of hydrogen-bond acceptors (Lipinski definition) is 4. The Hall–Kier alpha value is -2.07. The van der Waals surface area contributed by atoms with E-state index in [1.165, 1.54) is 0 Å². The topological polar surface area (TPSA) is 57.4 Å². The molecule has 2 N–H and O–H groups in total. The van der Waals surface area contributed by atoms with Crippen LogP contribution in [0.4, 0.5) is 0 Å². The van der Waals surface area contributed by atoms with Gasteiger partial charge in [0.05, 0.1) is 26.0 Å². The normalized spacial score (nSPS) is 12.0. The molecule has 0 saturated carbocycles. The number of benzene rings is 1. The van der Waals surface area contributed by atoms with Crippen molar-refractivity contribution in [2.75, 3.05) is 14.2 Å². The molecule has 1 aromatic heterocycles. The molecule has 1 unspecified atom stereocenters. The van der Waals surface area contributed by atoms with Crippen LogP contribution >= 0.6 is 0 Å². The molecule has 4 nitrogen and oxygen atoms in total. The number of hydrogen-bond donors (Lipinski definition) is 1. The largest absolute Gasteiger partial charge is 0.497 e. The van der Waals surface area contributed by atoms with Gasteiger partial charge in [0.25, 0.3) is 0 Å². The van der Waals surface area contributed by atoms with Gasteiger partial charge >= 0.3 is 0 Å². The Balaban J connectivity index is 2.44. The van der Waals surface area contributed by atoms with E-state index in [-0.39, 0.29) is 6.04 Å². The standard InChI is InChI=1S/C15H18N2O2/c1-10-5-4-6-13(17-10)15(16)12-9-11(18-2)7-8-14(12)19-3/h4-9,15H,16H2,1-3H3. The van der Waals surface area contributed by atoms with Crippen LogP contribution in [0.15, 0.2) is 36.4 Å². The van der Waals surface area contributed by atoms with Crippen LogP contribution in [0.2, 0.25) is 0 Å². The third-order valence-corrected chi connectivity index (χ3v) is 3.00. The Labute approximate surface area is 113 Å². The Kier molecular flexibility index (Phi) is 4.02. The third-order valence-electron chi connectivity index (χ3n) is 3.00. The number of rotatable bonds is 4. The Morgan fingerprint density at radius 1 is 1.11 bits per heavy atom. The maximum Gasteiger partial charge on any atom is 0.124 e. The van der Waals surface area contributed by atoms with Crippen LogP contribution in [0.5, 0.6) is 11.5 Å². The van der Waals surface area contributed by atoms with Crippen LogP contribution in [0, 0.1) is 6.92 Å². The smallest absolute Gasteiger partial charge is 0.124 e. The zero-order chi connectivity index (χ0) is 13.8. The summed E-state index contributed by atoms with van der Waals surface area (Å²) in [5, 5.41) is 0. The van der Waals surface area contributed by atoms with Gasteiger partial charge in [-0.3, -0.25) is 4.98 Å². The van der Waals surface area contributed by atoms with Crippen LogP contribution in [0.1, 0.15) is 23.0 Å². The molecule has 19 heavy (non-hydrogen) atoms. The second-order valence-corrected chi connectivity index (χ2v) is 4.29. The molecule has 2 rings (SSSR count). The zero-order valence-corrected chi connectivity index (χ0v) is 11.4. The van der Waals surface area contributed by atoms with Crippen LogP contribution in [0.3, 0.4) is 0 Å². The van der Waals surface area contributed by atoms with Gasteiger partial charge in [0.2, 0.25) is 0 Å². The van der Waals surface area contributed by atoms with E-state index in [4.69, 9.17) is 15.2 Å². The molecule has 0 fully saturated rings. The van der Waals surface area contributed by atoms with Crippen molar-refractivity contribution in [2.24, 2.45) is 5.73 Å². The molecule has 4 heteroatoms. The van der Waals surface area contributed by atoms with Gasteiger partial charge in [-0.25, -0.2) is 0 Å². The molecule has 1 heterocycles. The summed E-state index contributed by atoms with van der Waals surface area (Å²) in [5.74, 6) is 1.48. The fraction of sp³-hybridized carbons (Fsp3) is 0.267. The van der Waals surface area contributed by atoms with Crippen molar-refractivity contribution in [1.29, 1.82) is 0 Å². The van der Waals surface area contributed by atoms with E-state index in [1.54, 1.807) is 14.2 Å². The predicted octanol–water partition coefficient (Wildman–Crippen LogP) is 2.46. The van der Waals surface area contributed by atoms with Gasteiger partial charge in [-0.2, -0.15) is 0 Å². The molecular weight excluding hydrogens is 240 g/mol. The number of aryl methyl sites for hydroxylation is 1. The van der Waals surface area contributed by atoms with Gasteiger partial charge in [-0.1, -0.05) is 6.07 Å². The maximum atomic E-state index is 6.29. The first kappa shape index (κ1) is 13.4. The minimum atomic E-state index is -0.343. The molecule has 0 spiro atoms. The first-order chi connectivity index (χ1) is 9.15. The van der Waals surface area contributed by atoms with E-state index < -0.39 is 0 Å². The second-order valence-electron chi connectivity index (χ2n) is 4.29.